The highest BCUT2D eigenvalue weighted by molar-refractivity contribution is 7.92. The maximum absolute atomic E-state index is 14.0. The molecule has 0 bridgehead atoms. The van der Waals surface area contributed by atoms with Crippen molar-refractivity contribution in [2.24, 2.45) is 0 Å². The second-order valence-corrected chi connectivity index (χ2v) is 11.7. The molecule has 0 aliphatic rings. The molecule has 0 fully saturated rings. The number of ether oxygens (including phenoxy) is 1. The van der Waals surface area contributed by atoms with Crippen LogP contribution in [0.25, 0.3) is 0 Å². The summed E-state index contributed by atoms with van der Waals surface area (Å²) in [6, 6.07) is 18.9. The molecule has 0 heterocycles. The molecule has 0 aromatic heterocycles. The van der Waals surface area contributed by atoms with E-state index in [1.165, 1.54) is 24.1 Å². The van der Waals surface area contributed by atoms with Crippen molar-refractivity contribution in [1.82, 2.24) is 10.2 Å². The Hall–Kier alpha value is -3.56. The number of hydrogen-bond donors (Lipinski definition) is 1. The maximum atomic E-state index is 14.0. The highest BCUT2D eigenvalue weighted by Gasteiger charge is 2.34. The predicted octanol–water partition coefficient (Wildman–Crippen LogP) is 4.79. The zero-order valence-electron chi connectivity index (χ0n) is 22.7. The number of methoxy groups -OCH3 is 1. The number of halogens is 1. The third-order valence-electron chi connectivity index (χ3n) is 6.14. The number of rotatable bonds is 11. The summed E-state index contributed by atoms with van der Waals surface area (Å²) < 4.78 is 34.3. The largest absolute Gasteiger partial charge is 0.495 e. The summed E-state index contributed by atoms with van der Waals surface area (Å²) in [4.78, 5) is 28.3. The fraction of sp³-hybridized carbons (Fsp3) is 0.310. The average molecular weight is 572 g/mol. The first kappa shape index (κ1) is 30.0. The molecule has 3 rings (SSSR count). The molecule has 1 atom stereocenters. The minimum atomic E-state index is -4.20. The number of sulfonamides is 1. The molecule has 10 heteroatoms. The molecule has 0 saturated carbocycles. The molecule has 0 aliphatic carbocycles. The van der Waals surface area contributed by atoms with E-state index in [4.69, 9.17) is 16.3 Å². The lowest BCUT2D eigenvalue weighted by Crippen LogP contribution is -2.52. The third kappa shape index (κ3) is 7.30. The van der Waals surface area contributed by atoms with Gasteiger partial charge in [0, 0.05) is 17.6 Å². The van der Waals surface area contributed by atoms with E-state index < -0.39 is 28.5 Å². The Balaban J connectivity index is 2.08. The first-order chi connectivity index (χ1) is 18.4. The zero-order valence-corrected chi connectivity index (χ0v) is 24.3. The van der Waals surface area contributed by atoms with Crippen molar-refractivity contribution >= 4 is 39.1 Å². The van der Waals surface area contributed by atoms with Crippen LogP contribution < -0.4 is 14.4 Å². The number of hydrogen-bond acceptors (Lipinski definition) is 5. The Morgan fingerprint density at radius 3 is 2.18 bits per heavy atom. The Labute approximate surface area is 235 Å². The third-order valence-corrected chi connectivity index (χ3v) is 8.28. The fourth-order valence-corrected chi connectivity index (χ4v) is 5.60. The number of amides is 2. The molecule has 0 aliphatic heterocycles. The lowest BCUT2D eigenvalue weighted by Gasteiger charge is -2.32. The summed E-state index contributed by atoms with van der Waals surface area (Å²) in [5.41, 5.74) is 1.72. The number of carbonyl (C=O) groups excluding carboxylic acids is 2. The van der Waals surface area contributed by atoms with Crippen LogP contribution in [0.2, 0.25) is 5.02 Å². The number of anilines is 1. The molecule has 8 nitrogen and oxygen atoms in total. The van der Waals surface area contributed by atoms with Crippen molar-refractivity contribution in [3.8, 4) is 5.75 Å². The molecule has 0 saturated heterocycles. The van der Waals surface area contributed by atoms with Crippen molar-refractivity contribution in [2.75, 3.05) is 18.0 Å². The highest BCUT2D eigenvalue weighted by atomic mass is 35.5. The van der Waals surface area contributed by atoms with Crippen LogP contribution in [-0.4, -0.2) is 50.9 Å². The molecule has 3 aromatic rings. The van der Waals surface area contributed by atoms with Gasteiger partial charge in [-0.25, -0.2) is 8.42 Å². The predicted molar refractivity (Wildman–Crippen MR) is 153 cm³/mol. The van der Waals surface area contributed by atoms with Crippen LogP contribution >= 0.6 is 11.6 Å². The summed E-state index contributed by atoms with van der Waals surface area (Å²) in [6.45, 7) is 6.54. The van der Waals surface area contributed by atoms with Gasteiger partial charge in [0.2, 0.25) is 11.8 Å². The Bertz CT molecular complexity index is 1410. The van der Waals surface area contributed by atoms with Crippen molar-refractivity contribution in [3.63, 3.8) is 0 Å². The minimum Gasteiger partial charge on any atom is -0.495 e. The van der Waals surface area contributed by atoms with Crippen LogP contribution in [0.15, 0.2) is 77.7 Å². The van der Waals surface area contributed by atoms with Crippen LogP contribution in [-0.2, 0) is 26.2 Å². The van der Waals surface area contributed by atoms with Gasteiger partial charge in [0.1, 0.15) is 18.3 Å². The normalized spacial score (nSPS) is 12.1. The molecule has 1 N–H and O–H groups in total. The monoisotopic (exact) mass is 571 g/mol. The fourth-order valence-electron chi connectivity index (χ4n) is 3.98. The standard InChI is InChI=1S/C29H34ClN3O5S/c1-20(2)31-29(35)22(4)32(18-23-10-6-7-11-25(23)30)28(34)19-33(26-12-8-9-13-27(26)38-5)39(36,37)24-16-14-21(3)15-17-24/h6-17,20,22H,18-19H2,1-5H3,(H,31,35)/t22-/m0/s1. The van der Waals surface area contributed by atoms with Crippen LogP contribution in [0.4, 0.5) is 5.69 Å². The topological polar surface area (TPSA) is 96.0 Å². The van der Waals surface area contributed by atoms with Crippen molar-refractivity contribution in [2.45, 2.75) is 51.2 Å². The van der Waals surface area contributed by atoms with E-state index in [9.17, 15) is 18.0 Å². The minimum absolute atomic E-state index is 0.00946. The molecule has 3 aromatic carbocycles. The summed E-state index contributed by atoms with van der Waals surface area (Å²) in [7, 11) is -2.77. The summed E-state index contributed by atoms with van der Waals surface area (Å²) in [5, 5.41) is 3.26. The highest BCUT2D eigenvalue weighted by Crippen LogP contribution is 2.32. The van der Waals surface area contributed by atoms with Gasteiger partial charge in [0.15, 0.2) is 0 Å². The van der Waals surface area contributed by atoms with E-state index >= 15 is 0 Å². The van der Waals surface area contributed by atoms with E-state index in [-0.39, 0.29) is 34.8 Å². The van der Waals surface area contributed by atoms with Crippen molar-refractivity contribution < 1.29 is 22.7 Å². The molecule has 0 spiro atoms. The quantitative estimate of drug-likeness (QED) is 0.357. The van der Waals surface area contributed by atoms with E-state index in [0.29, 0.717) is 10.6 Å². The van der Waals surface area contributed by atoms with E-state index in [0.717, 1.165) is 9.87 Å². The lowest BCUT2D eigenvalue weighted by atomic mass is 10.1. The molecular formula is C29H34ClN3O5S. The first-order valence-corrected chi connectivity index (χ1v) is 14.3. The van der Waals surface area contributed by atoms with Gasteiger partial charge in [0.05, 0.1) is 17.7 Å². The van der Waals surface area contributed by atoms with Crippen LogP contribution in [0.1, 0.15) is 31.9 Å². The maximum Gasteiger partial charge on any atom is 0.264 e. The number of benzene rings is 3. The number of para-hydroxylation sites is 2. The van der Waals surface area contributed by atoms with E-state index in [1.54, 1.807) is 67.6 Å². The molecular weight excluding hydrogens is 538 g/mol. The van der Waals surface area contributed by atoms with Crippen molar-refractivity contribution in [1.29, 1.82) is 0 Å². The molecule has 0 unspecified atom stereocenters. The van der Waals surface area contributed by atoms with Gasteiger partial charge in [-0.2, -0.15) is 0 Å². The van der Waals surface area contributed by atoms with Crippen LogP contribution in [0.5, 0.6) is 5.75 Å². The number of carbonyl (C=O) groups is 2. The SMILES string of the molecule is COc1ccccc1N(CC(=O)N(Cc1ccccc1Cl)[C@@H](C)C(=O)NC(C)C)S(=O)(=O)c1ccc(C)cc1. The van der Waals surface area contributed by atoms with Gasteiger partial charge in [-0.3, -0.25) is 13.9 Å². The number of nitrogens with one attached hydrogen (secondary N) is 1. The lowest BCUT2D eigenvalue weighted by molar-refractivity contribution is -0.139. The van der Waals surface area contributed by atoms with Crippen molar-refractivity contribution in [3.05, 3.63) is 88.9 Å². The van der Waals surface area contributed by atoms with Crippen LogP contribution in [0, 0.1) is 6.92 Å². The summed E-state index contributed by atoms with van der Waals surface area (Å²) >= 11 is 6.39. The molecule has 0 radical (unpaired) electrons. The smallest absolute Gasteiger partial charge is 0.264 e. The van der Waals surface area contributed by atoms with Crippen LogP contribution in [0.3, 0.4) is 0 Å². The molecule has 208 valence electrons. The second-order valence-electron chi connectivity index (χ2n) is 9.45. The average Bonchev–Trinajstić information content (AvgIpc) is 2.90. The Morgan fingerprint density at radius 2 is 1.56 bits per heavy atom. The van der Waals surface area contributed by atoms with Gasteiger partial charge in [-0.05, 0) is 63.6 Å². The Morgan fingerprint density at radius 1 is 0.949 bits per heavy atom. The number of aryl methyl sites for hydroxylation is 1. The Kier molecular flexibility index (Phi) is 9.99. The van der Waals surface area contributed by atoms with Gasteiger partial charge in [0.25, 0.3) is 10.0 Å². The van der Waals surface area contributed by atoms with Gasteiger partial charge in [-0.15, -0.1) is 0 Å². The summed E-state index contributed by atoms with van der Waals surface area (Å²) in [5.74, 6) is -0.664. The molecule has 2 amide bonds. The number of nitrogens with zero attached hydrogens (tertiary/aromatic N) is 2. The molecule has 39 heavy (non-hydrogen) atoms. The summed E-state index contributed by atoms with van der Waals surface area (Å²) in [6.07, 6.45) is 0. The first-order valence-electron chi connectivity index (χ1n) is 12.5. The van der Waals surface area contributed by atoms with Gasteiger partial charge >= 0.3 is 0 Å². The zero-order chi connectivity index (χ0) is 28.7. The van der Waals surface area contributed by atoms with Gasteiger partial charge < -0.3 is 15.0 Å². The second kappa shape index (κ2) is 13.0. The van der Waals surface area contributed by atoms with E-state index in [1.807, 2.05) is 20.8 Å². The van der Waals surface area contributed by atoms with Gasteiger partial charge in [-0.1, -0.05) is 59.6 Å². The van der Waals surface area contributed by atoms with E-state index in [2.05, 4.69) is 5.32 Å².